The molecular formula is C20H24N4O3. The molecule has 3 aromatic rings. The summed E-state index contributed by atoms with van der Waals surface area (Å²) in [6.45, 7) is 8.40. The van der Waals surface area contributed by atoms with Crippen molar-refractivity contribution < 1.29 is 14.1 Å². The number of aryl methyl sites for hydroxylation is 4. The summed E-state index contributed by atoms with van der Waals surface area (Å²) in [6.07, 6.45) is 1.74. The van der Waals surface area contributed by atoms with Crippen LogP contribution in [-0.4, -0.2) is 20.8 Å². The van der Waals surface area contributed by atoms with Gasteiger partial charge in [-0.25, -0.2) is 0 Å². The normalized spacial score (nSPS) is 10.9. The number of amides is 1. The lowest BCUT2D eigenvalue weighted by Gasteiger charge is -2.09. The van der Waals surface area contributed by atoms with E-state index in [-0.39, 0.29) is 18.2 Å². The van der Waals surface area contributed by atoms with Gasteiger partial charge in [0.25, 0.3) is 5.91 Å². The molecule has 7 heteroatoms. The third kappa shape index (κ3) is 4.02. The molecule has 142 valence electrons. The van der Waals surface area contributed by atoms with E-state index in [1.54, 1.807) is 17.8 Å². The Morgan fingerprint density at radius 1 is 1.22 bits per heavy atom. The number of nitrogens with zero attached hydrogens (tertiary/aromatic N) is 3. The first-order valence-electron chi connectivity index (χ1n) is 8.77. The number of hydrogen-bond donors (Lipinski definition) is 1. The molecule has 2 aromatic heterocycles. The van der Waals surface area contributed by atoms with Gasteiger partial charge in [-0.15, -0.1) is 0 Å². The molecule has 0 radical (unpaired) electrons. The van der Waals surface area contributed by atoms with Crippen LogP contribution in [0.5, 0.6) is 5.75 Å². The van der Waals surface area contributed by atoms with Crippen molar-refractivity contribution >= 4 is 5.91 Å². The highest BCUT2D eigenvalue weighted by atomic mass is 16.5. The second kappa shape index (κ2) is 7.65. The van der Waals surface area contributed by atoms with Gasteiger partial charge in [0.1, 0.15) is 18.1 Å². The van der Waals surface area contributed by atoms with Gasteiger partial charge in [-0.3, -0.25) is 9.48 Å². The Hall–Kier alpha value is -3.09. The number of hydrogen-bond acceptors (Lipinski definition) is 5. The summed E-state index contributed by atoms with van der Waals surface area (Å²) in [7, 11) is 1.86. The van der Waals surface area contributed by atoms with Gasteiger partial charge in [-0.1, -0.05) is 11.2 Å². The van der Waals surface area contributed by atoms with E-state index in [0.717, 1.165) is 22.6 Å². The molecule has 27 heavy (non-hydrogen) atoms. The quantitative estimate of drug-likeness (QED) is 0.723. The van der Waals surface area contributed by atoms with E-state index in [1.165, 1.54) is 5.56 Å². The standard InChI is InChI=1S/C20H24N4O3/c1-12-6-7-17(8-13(12)2)26-11-18-15(4)27-23-19(18)20(25)21-9-16-10-22-24(5)14(16)3/h6-8,10H,9,11H2,1-5H3,(H,21,25). The van der Waals surface area contributed by atoms with Crippen LogP contribution in [0.15, 0.2) is 28.9 Å². The predicted molar refractivity (Wildman–Crippen MR) is 101 cm³/mol. The van der Waals surface area contributed by atoms with Gasteiger partial charge in [-0.2, -0.15) is 5.10 Å². The topological polar surface area (TPSA) is 82.2 Å². The summed E-state index contributed by atoms with van der Waals surface area (Å²) in [6, 6.07) is 5.90. The van der Waals surface area contributed by atoms with Crippen LogP contribution in [0.2, 0.25) is 0 Å². The number of carbonyl (C=O) groups excluding carboxylic acids is 1. The Morgan fingerprint density at radius 3 is 2.67 bits per heavy atom. The molecule has 0 saturated carbocycles. The van der Waals surface area contributed by atoms with Crippen molar-refractivity contribution in [2.45, 2.75) is 40.8 Å². The monoisotopic (exact) mass is 368 g/mol. The van der Waals surface area contributed by atoms with Crippen LogP contribution < -0.4 is 10.1 Å². The lowest BCUT2D eigenvalue weighted by atomic mass is 10.1. The Labute approximate surface area is 158 Å². The fraction of sp³-hybridized carbons (Fsp3) is 0.350. The molecule has 0 saturated heterocycles. The molecule has 0 fully saturated rings. The second-order valence-electron chi connectivity index (χ2n) is 6.66. The van der Waals surface area contributed by atoms with Crippen molar-refractivity contribution in [1.82, 2.24) is 20.3 Å². The predicted octanol–water partition coefficient (Wildman–Crippen LogP) is 3.15. The van der Waals surface area contributed by atoms with E-state index < -0.39 is 0 Å². The average Bonchev–Trinajstić information content (AvgIpc) is 3.17. The summed E-state index contributed by atoms with van der Waals surface area (Å²) in [5.74, 6) is 1.02. The number of ether oxygens (including phenoxy) is 1. The smallest absolute Gasteiger partial charge is 0.274 e. The summed E-state index contributed by atoms with van der Waals surface area (Å²) >= 11 is 0. The van der Waals surface area contributed by atoms with Crippen molar-refractivity contribution in [3.05, 3.63) is 63.8 Å². The molecule has 0 aliphatic heterocycles. The van der Waals surface area contributed by atoms with Gasteiger partial charge in [-0.05, 0) is 51.0 Å². The average molecular weight is 368 g/mol. The van der Waals surface area contributed by atoms with E-state index in [9.17, 15) is 4.79 Å². The molecule has 7 nitrogen and oxygen atoms in total. The first-order valence-corrected chi connectivity index (χ1v) is 8.77. The zero-order valence-electron chi connectivity index (χ0n) is 16.3. The Kier molecular flexibility index (Phi) is 5.30. The minimum Gasteiger partial charge on any atom is -0.489 e. The van der Waals surface area contributed by atoms with Gasteiger partial charge < -0.3 is 14.6 Å². The Bertz CT molecular complexity index is 972. The molecule has 0 aliphatic rings. The lowest BCUT2D eigenvalue weighted by Crippen LogP contribution is -2.24. The molecule has 0 spiro atoms. The molecule has 2 heterocycles. The third-order valence-corrected chi connectivity index (χ3v) is 4.84. The van der Waals surface area contributed by atoms with Crippen LogP contribution in [0.4, 0.5) is 0 Å². The summed E-state index contributed by atoms with van der Waals surface area (Å²) < 4.78 is 12.8. The Balaban J connectivity index is 1.68. The number of aromatic nitrogens is 3. The fourth-order valence-electron chi connectivity index (χ4n) is 2.68. The summed E-state index contributed by atoms with van der Waals surface area (Å²) in [5, 5.41) is 11.0. The molecule has 1 amide bonds. The van der Waals surface area contributed by atoms with Crippen molar-refractivity contribution in [2.24, 2.45) is 7.05 Å². The zero-order chi connectivity index (χ0) is 19.6. The maximum absolute atomic E-state index is 12.6. The molecular weight excluding hydrogens is 344 g/mol. The van der Waals surface area contributed by atoms with Crippen LogP contribution in [-0.2, 0) is 20.2 Å². The first-order chi connectivity index (χ1) is 12.9. The van der Waals surface area contributed by atoms with Gasteiger partial charge in [0, 0.05) is 24.8 Å². The van der Waals surface area contributed by atoms with Crippen LogP contribution >= 0.6 is 0 Å². The van der Waals surface area contributed by atoms with Crippen molar-refractivity contribution in [1.29, 1.82) is 0 Å². The van der Waals surface area contributed by atoms with Crippen LogP contribution in [0.3, 0.4) is 0 Å². The van der Waals surface area contributed by atoms with Crippen molar-refractivity contribution in [3.8, 4) is 5.75 Å². The molecule has 0 bridgehead atoms. The van der Waals surface area contributed by atoms with E-state index in [0.29, 0.717) is 17.9 Å². The van der Waals surface area contributed by atoms with E-state index in [2.05, 4.69) is 22.5 Å². The second-order valence-corrected chi connectivity index (χ2v) is 6.66. The number of nitrogens with one attached hydrogen (secondary N) is 1. The molecule has 0 atom stereocenters. The Morgan fingerprint density at radius 2 is 2.00 bits per heavy atom. The number of carbonyl (C=O) groups is 1. The zero-order valence-corrected chi connectivity index (χ0v) is 16.3. The SMILES string of the molecule is Cc1ccc(OCc2c(C(=O)NCc3cnn(C)c3C)noc2C)cc1C. The first kappa shape index (κ1) is 18.7. The minimum absolute atomic E-state index is 0.215. The highest BCUT2D eigenvalue weighted by molar-refractivity contribution is 5.93. The van der Waals surface area contributed by atoms with Gasteiger partial charge in [0.2, 0.25) is 0 Å². The molecule has 0 unspecified atom stereocenters. The van der Waals surface area contributed by atoms with Gasteiger partial charge >= 0.3 is 0 Å². The fourth-order valence-corrected chi connectivity index (χ4v) is 2.68. The largest absolute Gasteiger partial charge is 0.489 e. The summed E-state index contributed by atoms with van der Waals surface area (Å²) in [4.78, 5) is 12.6. The summed E-state index contributed by atoms with van der Waals surface area (Å²) in [5.41, 5.74) is 5.21. The van der Waals surface area contributed by atoms with E-state index >= 15 is 0 Å². The maximum atomic E-state index is 12.6. The highest BCUT2D eigenvalue weighted by Gasteiger charge is 2.20. The van der Waals surface area contributed by atoms with Gasteiger partial charge in [0.05, 0.1) is 11.8 Å². The van der Waals surface area contributed by atoms with Crippen molar-refractivity contribution in [2.75, 3.05) is 0 Å². The van der Waals surface area contributed by atoms with Crippen LogP contribution in [0.25, 0.3) is 0 Å². The minimum atomic E-state index is -0.297. The van der Waals surface area contributed by atoms with Crippen LogP contribution in [0.1, 0.15) is 44.2 Å². The third-order valence-electron chi connectivity index (χ3n) is 4.84. The molecule has 3 rings (SSSR count). The molecule has 0 aliphatic carbocycles. The van der Waals surface area contributed by atoms with Gasteiger partial charge in [0.15, 0.2) is 5.69 Å². The maximum Gasteiger partial charge on any atom is 0.274 e. The van der Waals surface area contributed by atoms with Crippen LogP contribution in [0, 0.1) is 27.7 Å². The lowest BCUT2D eigenvalue weighted by molar-refractivity contribution is 0.0939. The molecule has 1 N–H and O–H groups in total. The molecule has 1 aromatic carbocycles. The van der Waals surface area contributed by atoms with E-state index in [4.69, 9.17) is 9.26 Å². The van der Waals surface area contributed by atoms with Crippen molar-refractivity contribution in [3.63, 3.8) is 0 Å². The number of rotatable bonds is 6. The number of benzene rings is 1. The van der Waals surface area contributed by atoms with E-state index in [1.807, 2.05) is 39.1 Å². The highest BCUT2D eigenvalue weighted by Crippen LogP contribution is 2.20.